The number of carbonyl (C=O) groups excluding carboxylic acids is 2. The molecule has 1 fully saturated rings. The van der Waals surface area contributed by atoms with Crippen LogP contribution in [0.2, 0.25) is 10.3 Å². The molecule has 1 aliphatic rings. The van der Waals surface area contributed by atoms with E-state index in [4.69, 9.17) is 68.8 Å². The molecule has 0 bridgehead atoms. The quantitative estimate of drug-likeness (QED) is 0.0514. The van der Waals surface area contributed by atoms with E-state index in [-0.39, 0.29) is 21.4 Å². The number of rotatable bonds is 17. The van der Waals surface area contributed by atoms with E-state index in [0.717, 1.165) is 54.2 Å². The molecule has 6 aromatic heterocycles. The molecule has 19 heteroatoms. The minimum absolute atomic E-state index is 0.224. The first-order valence-electron chi connectivity index (χ1n) is 22.4. The molecule has 0 saturated carbocycles. The van der Waals surface area contributed by atoms with E-state index in [1.54, 1.807) is 31.4 Å². The van der Waals surface area contributed by atoms with Crippen molar-refractivity contribution in [2.24, 2.45) is 11.5 Å². The fourth-order valence-corrected chi connectivity index (χ4v) is 9.64. The van der Waals surface area contributed by atoms with Crippen molar-refractivity contribution in [2.75, 3.05) is 46.6 Å². The molecule has 9 rings (SSSR count). The summed E-state index contributed by atoms with van der Waals surface area (Å²) in [5.74, 6) is 0.620. The number of nitrogens with zero attached hydrogens (tertiary/aromatic N) is 10. The number of ether oxygens (including phenoxy) is 3. The van der Waals surface area contributed by atoms with Gasteiger partial charge in [0.1, 0.15) is 38.8 Å². The molecule has 348 valence electrons. The molecule has 67 heavy (non-hydrogen) atoms. The largest absolute Gasteiger partial charge is 0.495 e. The number of amides is 2. The van der Waals surface area contributed by atoms with Crippen LogP contribution < -0.4 is 20.9 Å². The molecule has 0 unspecified atom stereocenters. The van der Waals surface area contributed by atoms with Gasteiger partial charge in [-0.2, -0.15) is 5.10 Å². The van der Waals surface area contributed by atoms with Gasteiger partial charge in [-0.1, -0.05) is 35.4 Å². The van der Waals surface area contributed by atoms with Crippen molar-refractivity contribution in [1.29, 1.82) is 0 Å². The van der Waals surface area contributed by atoms with Crippen LogP contribution in [0.5, 0.6) is 11.5 Å². The van der Waals surface area contributed by atoms with Gasteiger partial charge in [0.25, 0.3) is 0 Å². The zero-order chi connectivity index (χ0) is 47.1. The fraction of sp³-hybridized carbons (Fsp3) is 0.354. The number of aryl methyl sites for hydroxylation is 5. The molecule has 7 heterocycles. The van der Waals surface area contributed by atoms with E-state index < -0.39 is 11.8 Å². The molecule has 2 amide bonds. The van der Waals surface area contributed by atoms with Crippen LogP contribution in [0, 0.1) is 13.8 Å². The topological polar surface area (TPSA) is 201 Å². The molecule has 17 nitrogen and oxygen atoms in total. The van der Waals surface area contributed by atoms with Crippen LogP contribution in [0.1, 0.15) is 58.7 Å². The summed E-state index contributed by atoms with van der Waals surface area (Å²) in [6.07, 6.45) is 7.48. The van der Waals surface area contributed by atoms with Crippen LogP contribution in [0.15, 0.2) is 54.7 Å². The maximum atomic E-state index is 12.8. The smallest absolute Gasteiger partial charge is 0.248 e. The van der Waals surface area contributed by atoms with Crippen LogP contribution in [0.3, 0.4) is 0 Å². The van der Waals surface area contributed by atoms with Crippen molar-refractivity contribution in [3.63, 3.8) is 0 Å². The van der Waals surface area contributed by atoms with Gasteiger partial charge in [-0.15, -0.1) is 0 Å². The summed E-state index contributed by atoms with van der Waals surface area (Å²) in [6.45, 7) is 14.5. The summed E-state index contributed by atoms with van der Waals surface area (Å²) in [5.41, 5.74) is 18.3. The zero-order valence-corrected chi connectivity index (χ0v) is 39.6. The Hall–Kier alpha value is -6.53. The summed E-state index contributed by atoms with van der Waals surface area (Å²) in [4.78, 5) is 47.5. The lowest BCUT2D eigenvalue weighted by atomic mass is 10.1. The van der Waals surface area contributed by atoms with Gasteiger partial charge in [0.2, 0.25) is 11.8 Å². The van der Waals surface area contributed by atoms with Gasteiger partial charge in [0.15, 0.2) is 11.6 Å². The summed E-state index contributed by atoms with van der Waals surface area (Å²) in [6, 6.07) is 10.7. The minimum atomic E-state index is -0.604. The number of primary amides is 2. The highest BCUT2D eigenvalue weighted by atomic mass is 35.5. The maximum Gasteiger partial charge on any atom is 0.248 e. The van der Waals surface area contributed by atoms with Gasteiger partial charge in [-0.3, -0.25) is 19.2 Å². The average molecular weight is 948 g/mol. The number of benzene rings is 2. The van der Waals surface area contributed by atoms with E-state index in [9.17, 15) is 9.59 Å². The van der Waals surface area contributed by atoms with E-state index in [0.29, 0.717) is 114 Å². The Balaban J connectivity index is 1.12. The number of hydrogen-bond acceptors (Lipinski definition) is 11. The number of carbonyl (C=O) groups is 2. The lowest BCUT2D eigenvalue weighted by Gasteiger charge is -2.26. The Labute approximate surface area is 396 Å². The second-order valence-electron chi connectivity index (χ2n) is 16.6. The Bertz CT molecular complexity index is 3250. The second-order valence-corrected chi connectivity index (χ2v) is 17.3. The maximum absolute atomic E-state index is 12.8. The van der Waals surface area contributed by atoms with Crippen molar-refractivity contribution >= 4 is 78.9 Å². The van der Waals surface area contributed by atoms with Gasteiger partial charge in [-0.05, 0) is 82.5 Å². The predicted molar refractivity (Wildman–Crippen MR) is 260 cm³/mol. The van der Waals surface area contributed by atoms with Crippen LogP contribution in [-0.2, 0) is 30.9 Å². The molecule has 2 aromatic carbocycles. The molecular formula is C48H52Cl2N12O5. The minimum Gasteiger partial charge on any atom is -0.495 e. The van der Waals surface area contributed by atoms with Gasteiger partial charge in [0, 0.05) is 73.9 Å². The Morgan fingerprint density at radius 2 is 1.40 bits per heavy atom. The summed E-state index contributed by atoms with van der Waals surface area (Å²) < 4.78 is 26.0. The fourth-order valence-electron chi connectivity index (χ4n) is 9.11. The number of morpholine rings is 1. The average Bonchev–Trinajstić information content (AvgIpc) is 4.07. The van der Waals surface area contributed by atoms with Crippen molar-refractivity contribution in [2.45, 2.75) is 66.7 Å². The molecular weight excluding hydrogens is 896 g/mol. The summed E-state index contributed by atoms with van der Waals surface area (Å²) in [5, 5.41) is 7.54. The highest BCUT2D eigenvalue weighted by molar-refractivity contribution is 6.37. The SMILES string of the molecule is CCn1cc(C)cc1-c1nc(Cl)c2c3cc(C(N)=O)cc(OC)c3n(C/C=C/CCn3c4nc(-c5cc(C)nn5CC)nc(Cl)c4c4cc(C(N)=O)cc(OCCCN5CCOCC5)c43)c2n1. The molecule has 0 spiro atoms. The van der Waals surface area contributed by atoms with Crippen LogP contribution >= 0.6 is 23.2 Å². The third kappa shape index (κ3) is 8.68. The van der Waals surface area contributed by atoms with Crippen molar-refractivity contribution in [3.8, 4) is 34.5 Å². The molecule has 0 atom stereocenters. The number of nitrogens with two attached hydrogens (primary N) is 2. The van der Waals surface area contributed by atoms with Gasteiger partial charge < -0.3 is 39.4 Å². The summed E-state index contributed by atoms with van der Waals surface area (Å²) in [7, 11) is 1.55. The molecule has 1 aliphatic heterocycles. The zero-order valence-electron chi connectivity index (χ0n) is 38.1. The molecule has 1 saturated heterocycles. The van der Waals surface area contributed by atoms with Crippen LogP contribution in [0.25, 0.3) is 66.9 Å². The van der Waals surface area contributed by atoms with E-state index >= 15 is 0 Å². The van der Waals surface area contributed by atoms with Gasteiger partial charge in [0.05, 0.1) is 60.1 Å². The first kappa shape index (κ1) is 45.6. The number of methoxy groups -OCH3 is 1. The second kappa shape index (κ2) is 19.0. The van der Waals surface area contributed by atoms with Crippen LogP contribution in [-0.4, -0.2) is 107 Å². The lowest BCUT2D eigenvalue weighted by Crippen LogP contribution is -2.37. The number of fused-ring (bicyclic) bond motifs is 6. The van der Waals surface area contributed by atoms with E-state index in [2.05, 4.69) is 38.3 Å². The number of aromatic nitrogens is 9. The van der Waals surface area contributed by atoms with Crippen LogP contribution in [0.4, 0.5) is 0 Å². The van der Waals surface area contributed by atoms with E-state index in [1.807, 2.05) is 48.2 Å². The first-order valence-corrected chi connectivity index (χ1v) is 23.1. The van der Waals surface area contributed by atoms with Crippen molar-refractivity contribution in [1.82, 2.24) is 48.3 Å². The van der Waals surface area contributed by atoms with Crippen molar-refractivity contribution < 1.29 is 23.8 Å². The normalized spacial score (nSPS) is 13.6. The summed E-state index contributed by atoms with van der Waals surface area (Å²) >= 11 is 14.2. The first-order chi connectivity index (χ1) is 32.4. The Morgan fingerprint density at radius 1 is 0.776 bits per heavy atom. The Morgan fingerprint density at radius 3 is 2.03 bits per heavy atom. The molecule has 0 radical (unpaired) electrons. The van der Waals surface area contributed by atoms with Gasteiger partial charge in [-0.25, -0.2) is 19.9 Å². The number of halogens is 2. The third-order valence-corrected chi connectivity index (χ3v) is 12.8. The predicted octanol–water partition coefficient (Wildman–Crippen LogP) is 7.73. The molecule has 0 aliphatic carbocycles. The standard InChI is InChI=1S/C48H52Cl2N12O5/c1-6-59-26-27(3)20-33(59)45-53-41(49)37-31-22-29(43(51)63)24-35(65-5)39(31)60(47(37)55-45)13-9-8-10-14-61-40-32(38-42(50)54-46(56-48(38)61)34-21-28(4)57-62(34)7-2)23-30(44(52)64)25-36(40)67-17-11-12-58-15-18-66-19-16-58/h8-9,20-26H,6-7,10-19H2,1-5H3,(H2,51,63)(H2,52,64)/b9-8+. The van der Waals surface area contributed by atoms with Gasteiger partial charge >= 0.3 is 0 Å². The molecule has 4 N–H and O–H groups in total. The van der Waals surface area contributed by atoms with Crippen molar-refractivity contribution in [3.05, 3.63) is 87.4 Å². The molecule has 8 aromatic rings. The van der Waals surface area contributed by atoms with E-state index in [1.165, 1.54) is 0 Å². The Kier molecular flexibility index (Phi) is 12.9. The monoisotopic (exact) mass is 946 g/mol. The highest BCUT2D eigenvalue weighted by Gasteiger charge is 2.26. The number of allylic oxidation sites excluding steroid dienone is 2. The third-order valence-electron chi connectivity index (χ3n) is 12.2. The number of hydrogen-bond donors (Lipinski definition) is 2. The highest BCUT2D eigenvalue weighted by Crippen LogP contribution is 2.41. The lowest BCUT2D eigenvalue weighted by molar-refractivity contribution is 0.0358.